The summed E-state index contributed by atoms with van der Waals surface area (Å²) >= 11 is 0. The second-order valence-electron chi connectivity index (χ2n) is 6.77. The van der Waals surface area contributed by atoms with Crippen LogP contribution in [0.1, 0.15) is 29.5 Å². The fraction of sp³-hybridized carbons (Fsp3) is 0.381. The molecule has 0 atom stereocenters. The number of aromatic nitrogens is 2. The Morgan fingerprint density at radius 2 is 2.11 bits per heavy atom. The summed E-state index contributed by atoms with van der Waals surface area (Å²) in [5.41, 5.74) is 2.33. The molecule has 3 rings (SSSR count). The van der Waals surface area contributed by atoms with Gasteiger partial charge in [-0.2, -0.15) is 0 Å². The quantitative estimate of drug-likeness (QED) is 0.477. The van der Waals surface area contributed by atoms with Gasteiger partial charge in [0.25, 0.3) is 0 Å². The molecule has 1 N–H and O–H groups in total. The van der Waals surface area contributed by atoms with E-state index in [2.05, 4.69) is 10.3 Å². The maximum atomic E-state index is 12.5. The summed E-state index contributed by atoms with van der Waals surface area (Å²) in [5.74, 6) is 0.605. The number of ether oxygens (including phenoxy) is 1. The average Bonchev–Trinajstić information content (AvgIpc) is 3.19. The van der Waals surface area contributed by atoms with E-state index >= 15 is 0 Å². The molecule has 0 aliphatic heterocycles. The van der Waals surface area contributed by atoms with Crippen molar-refractivity contribution in [1.82, 2.24) is 14.9 Å². The zero-order valence-corrected chi connectivity index (χ0v) is 16.4. The highest BCUT2D eigenvalue weighted by Gasteiger charge is 2.15. The normalized spacial score (nSPS) is 11.0. The van der Waals surface area contributed by atoms with Gasteiger partial charge in [-0.1, -0.05) is 0 Å². The third kappa shape index (κ3) is 4.24. The molecule has 0 spiro atoms. The first-order valence-corrected chi connectivity index (χ1v) is 9.33. The largest absolute Gasteiger partial charge is 0.496 e. The Bertz CT molecular complexity index is 1020. The highest BCUT2D eigenvalue weighted by Crippen LogP contribution is 2.29. The van der Waals surface area contributed by atoms with Crippen LogP contribution >= 0.6 is 0 Å². The first-order chi connectivity index (χ1) is 13.5. The molecule has 28 heavy (non-hydrogen) atoms. The summed E-state index contributed by atoms with van der Waals surface area (Å²) in [7, 11) is 1.58. The Labute approximate surface area is 163 Å². The molecule has 3 aromatic rings. The van der Waals surface area contributed by atoms with Crippen molar-refractivity contribution in [2.75, 3.05) is 13.7 Å². The summed E-state index contributed by atoms with van der Waals surface area (Å²) in [4.78, 5) is 28.6. The van der Waals surface area contributed by atoms with Gasteiger partial charge in [-0.3, -0.25) is 4.79 Å². The van der Waals surface area contributed by atoms with Gasteiger partial charge in [-0.25, -0.2) is 9.78 Å². The smallest absolute Gasteiger partial charge is 0.339 e. The molecule has 1 aromatic carbocycles. The van der Waals surface area contributed by atoms with Crippen molar-refractivity contribution < 1.29 is 13.9 Å². The predicted octanol–water partition coefficient (Wildman–Crippen LogP) is 2.75. The van der Waals surface area contributed by atoms with E-state index in [4.69, 9.17) is 9.15 Å². The number of nitrogens with zero attached hydrogens (tertiary/aromatic N) is 2. The first kappa shape index (κ1) is 19.7. The maximum absolute atomic E-state index is 12.5. The van der Waals surface area contributed by atoms with Crippen LogP contribution in [0.2, 0.25) is 0 Å². The van der Waals surface area contributed by atoms with Gasteiger partial charge < -0.3 is 19.0 Å². The molecule has 0 fully saturated rings. The lowest BCUT2D eigenvalue weighted by molar-refractivity contribution is -0.121. The molecule has 0 saturated carbocycles. The Balaban J connectivity index is 1.62. The van der Waals surface area contributed by atoms with Gasteiger partial charge in [0, 0.05) is 48.4 Å². The van der Waals surface area contributed by atoms with Crippen molar-refractivity contribution in [3.63, 3.8) is 0 Å². The predicted molar refractivity (Wildman–Crippen MR) is 107 cm³/mol. The number of methoxy groups -OCH3 is 1. The Morgan fingerprint density at radius 1 is 1.29 bits per heavy atom. The van der Waals surface area contributed by atoms with Crippen LogP contribution in [-0.4, -0.2) is 29.1 Å². The minimum Gasteiger partial charge on any atom is -0.496 e. The Kier molecular flexibility index (Phi) is 6.13. The number of carbonyl (C=O) groups is 1. The zero-order chi connectivity index (χ0) is 20.1. The van der Waals surface area contributed by atoms with E-state index in [1.54, 1.807) is 19.6 Å². The Morgan fingerprint density at radius 3 is 2.82 bits per heavy atom. The molecule has 7 heteroatoms. The molecule has 2 aromatic heterocycles. The van der Waals surface area contributed by atoms with Crippen molar-refractivity contribution in [2.45, 2.75) is 39.7 Å². The number of benzene rings is 1. The summed E-state index contributed by atoms with van der Waals surface area (Å²) < 4.78 is 12.8. The minimum atomic E-state index is -0.394. The number of aryl methyl sites for hydroxylation is 3. The third-order valence-corrected chi connectivity index (χ3v) is 4.95. The second-order valence-corrected chi connectivity index (χ2v) is 6.77. The van der Waals surface area contributed by atoms with E-state index in [1.807, 2.05) is 36.7 Å². The number of rotatable bonds is 8. The van der Waals surface area contributed by atoms with Gasteiger partial charge in [0.15, 0.2) is 0 Å². The van der Waals surface area contributed by atoms with Gasteiger partial charge in [-0.05, 0) is 44.4 Å². The number of nitrogens with one attached hydrogen (secondary N) is 1. The van der Waals surface area contributed by atoms with Crippen LogP contribution in [0.4, 0.5) is 0 Å². The summed E-state index contributed by atoms with van der Waals surface area (Å²) in [6.07, 6.45) is 6.79. The fourth-order valence-electron chi connectivity index (χ4n) is 3.32. The highest BCUT2D eigenvalue weighted by atomic mass is 16.5. The van der Waals surface area contributed by atoms with Gasteiger partial charge in [0.2, 0.25) is 5.91 Å². The highest BCUT2D eigenvalue weighted by molar-refractivity contribution is 5.85. The standard InChI is InChI=1S/C21H25N3O4/c1-14-16-5-7-18(27-3)15(2)20(16)28-21(26)17(14)6-8-19(25)23-9-4-11-24-12-10-22-13-24/h5,7,10,12-13H,4,6,8-9,11H2,1-3H3,(H,23,25). The van der Waals surface area contributed by atoms with E-state index < -0.39 is 5.63 Å². The molecule has 0 aliphatic carbocycles. The molecule has 148 valence electrons. The second kappa shape index (κ2) is 8.73. The summed E-state index contributed by atoms with van der Waals surface area (Å²) in [5, 5.41) is 3.76. The summed E-state index contributed by atoms with van der Waals surface area (Å²) in [6.45, 7) is 5.14. The molecular weight excluding hydrogens is 358 g/mol. The number of fused-ring (bicyclic) bond motifs is 1. The zero-order valence-electron chi connectivity index (χ0n) is 16.4. The topological polar surface area (TPSA) is 86.4 Å². The van der Waals surface area contributed by atoms with Crippen LogP contribution in [0, 0.1) is 13.8 Å². The number of carbonyl (C=O) groups excluding carboxylic acids is 1. The number of amides is 1. The summed E-state index contributed by atoms with van der Waals surface area (Å²) in [6, 6.07) is 3.75. The lowest BCUT2D eigenvalue weighted by Gasteiger charge is -2.11. The maximum Gasteiger partial charge on any atom is 0.339 e. The number of hydrogen-bond acceptors (Lipinski definition) is 5. The molecular formula is C21H25N3O4. The van der Waals surface area contributed by atoms with E-state index in [1.165, 1.54) is 0 Å². The van der Waals surface area contributed by atoms with E-state index in [-0.39, 0.29) is 12.3 Å². The molecule has 0 unspecified atom stereocenters. The molecule has 0 radical (unpaired) electrons. The van der Waals surface area contributed by atoms with Crippen LogP contribution in [0.5, 0.6) is 5.75 Å². The van der Waals surface area contributed by atoms with Crippen LogP contribution in [-0.2, 0) is 17.8 Å². The SMILES string of the molecule is COc1ccc2c(C)c(CCC(=O)NCCCn3ccnc3)c(=O)oc2c1C. The lowest BCUT2D eigenvalue weighted by atomic mass is 10.0. The monoisotopic (exact) mass is 383 g/mol. The van der Waals surface area contributed by atoms with Crippen LogP contribution in [0.25, 0.3) is 11.0 Å². The minimum absolute atomic E-state index is 0.0737. The van der Waals surface area contributed by atoms with Crippen molar-refractivity contribution in [2.24, 2.45) is 0 Å². The van der Waals surface area contributed by atoms with Crippen LogP contribution in [0.15, 0.2) is 40.1 Å². The van der Waals surface area contributed by atoms with Crippen molar-refractivity contribution >= 4 is 16.9 Å². The van der Waals surface area contributed by atoms with Gasteiger partial charge in [-0.15, -0.1) is 0 Å². The van der Waals surface area contributed by atoms with Crippen LogP contribution < -0.4 is 15.7 Å². The Hall–Kier alpha value is -3.09. The van der Waals surface area contributed by atoms with Crippen LogP contribution in [0.3, 0.4) is 0 Å². The van der Waals surface area contributed by atoms with Gasteiger partial charge in [0.05, 0.1) is 13.4 Å². The lowest BCUT2D eigenvalue weighted by Crippen LogP contribution is -2.26. The molecule has 2 heterocycles. The van der Waals surface area contributed by atoms with E-state index in [0.29, 0.717) is 29.9 Å². The fourth-order valence-corrected chi connectivity index (χ4v) is 3.32. The molecule has 0 aliphatic rings. The number of imidazole rings is 1. The van der Waals surface area contributed by atoms with Gasteiger partial charge in [0.1, 0.15) is 11.3 Å². The van der Waals surface area contributed by atoms with Crippen molar-refractivity contribution in [3.05, 3.63) is 58.0 Å². The average molecular weight is 383 g/mol. The van der Waals surface area contributed by atoms with Crippen molar-refractivity contribution in [3.8, 4) is 5.75 Å². The molecule has 7 nitrogen and oxygen atoms in total. The first-order valence-electron chi connectivity index (χ1n) is 9.33. The van der Waals surface area contributed by atoms with E-state index in [0.717, 1.165) is 29.5 Å². The molecule has 0 saturated heterocycles. The molecule has 1 amide bonds. The molecule has 0 bridgehead atoms. The van der Waals surface area contributed by atoms with E-state index in [9.17, 15) is 9.59 Å². The third-order valence-electron chi connectivity index (χ3n) is 4.95. The number of hydrogen-bond donors (Lipinski definition) is 1. The van der Waals surface area contributed by atoms with Crippen molar-refractivity contribution in [1.29, 1.82) is 0 Å². The van der Waals surface area contributed by atoms with Gasteiger partial charge >= 0.3 is 5.63 Å².